The van der Waals surface area contributed by atoms with Crippen molar-refractivity contribution in [2.75, 3.05) is 0 Å². The van der Waals surface area contributed by atoms with Crippen molar-refractivity contribution in [3.63, 3.8) is 0 Å². The van der Waals surface area contributed by atoms with E-state index in [-0.39, 0.29) is 28.8 Å². The maximum atomic E-state index is 12.4. The third-order valence-corrected chi connectivity index (χ3v) is 14.7. The summed E-state index contributed by atoms with van der Waals surface area (Å²) < 4.78 is 0. The van der Waals surface area contributed by atoms with E-state index in [9.17, 15) is 20.4 Å². The summed E-state index contributed by atoms with van der Waals surface area (Å²) in [6.07, 6.45) is 8.18. The van der Waals surface area contributed by atoms with Gasteiger partial charge < -0.3 is 20.4 Å². The summed E-state index contributed by atoms with van der Waals surface area (Å²) in [5.74, 6) is 4.30. The molecule has 0 radical (unpaired) electrons. The van der Waals surface area contributed by atoms with Crippen LogP contribution in [-0.4, -0.2) is 44.8 Å². The summed E-state index contributed by atoms with van der Waals surface area (Å²) in [6.45, 7) is 18.3. The van der Waals surface area contributed by atoms with Crippen LogP contribution in [0.3, 0.4) is 0 Å². The zero-order valence-corrected chi connectivity index (χ0v) is 25.7. The van der Waals surface area contributed by atoms with Crippen LogP contribution in [0.25, 0.3) is 0 Å². The van der Waals surface area contributed by atoms with Gasteiger partial charge in [0.15, 0.2) is 0 Å². The van der Waals surface area contributed by atoms with E-state index in [0.29, 0.717) is 30.1 Å². The number of aliphatic hydroxyl groups excluding tert-OH is 4. The molecule has 0 amide bonds. The van der Waals surface area contributed by atoms with E-state index in [1.165, 1.54) is 38.5 Å². The second-order valence-electron chi connectivity index (χ2n) is 16.5. The van der Waals surface area contributed by atoms with E-state index in [0.717, 1.165) is 30.6 Å². The van der Waals surface area contributed by atoms with Crippen LogP contribution in [0.2, 0.25) is 0 Å². The average molecular weight is 533 g/mol. The Morgan fingerprint density at radius 1 is 0.816 bits per heavy atom. The standard InChI is InChI=1S/C34H60O4/c1-18-9-11-23(12-10-18)19(2)25-14-13-24-15-32(6)17-33(7)16-26(36)28(22(5)35)31(38)34(33,8)21(4)29(32)30(37)27(24)20(25)3/h18-31,35-38H,9-17H2,1-8H3. The van der Waals surface area contributed by atoms with Gasteiger partial charge in [-0.05, 0) is 116 Å². The fraction of sp³-hybridized carbons (Fsp3) is 1.00. The van der Waals surface area contributed by atoms with Gasteiger partial charge >= 0.3 is 0 Å². The van der Waals surface area contributed by atoms with Crippen molar-refractivity contribution in [2.24, 2.45) is 75.4 Å². The van der Waals surface area contributed by atoms with Gasteiger partial charge in [0.05, 0.1) is 24.4 Å². The topological polar surface area (TPSA) is 80.9 Å². The van der Waals surface area contributed by atoms with Gasteiger partial charge in [0, 0.05) is 11.3 Å². The molecule has 0 aliphatic heterocycles. The van der Waals surface area contributed by atoms with Gasteiger partial charge in [0.1, 0.15) is 0 Å². The molecule has 4 nitrogen and oxygen atoms in total. The van der Waals surface area contributed by atoms with E-state index >= 15 is 0 Å². The highest BCUT2D eigenvalue weighted by Crippen LogP contribution is 2.72. The minimum Gasteiger partial charge on any atom is -0.393 e. The fourth-order valence-corrected chi connectivity index (χ4v) is 12.5. The molecule has 5 aliphatic rings. The largest absolute Gasteiger partial charge is 0.393 e. The minimum absolute atomic E-state index is 0.00302. The van der Waals surface area contributed by atoms with Gasteiger partial charge in [-0.25, -0.2) is 0 Å². The molecule has 38 heavy (non-hydrogen) atoms. The van der Waals surface area contributed by atoms with Crippen LogP contribution in [0.1, 0.15) is 113 Å². The van der Waals surface area contributed by atoms with Crippen molar-refractivity contribution in [1.82, 2.24) is 0 Å². The van der Waals surface area contributed by atoms with Crippen molar-refractivity contribution < 1.29 is 20.4 Å². The molecule has 0 spiro atoms. The summed E-state index contributed by atoms with van der Waals surface area (Å²) in [4.78, 5) is 0. The molecule has 0 aromatic carbocycles. The molecule has 5 rings (SSSR count). The smallest absolute Gasteiger partial charge is 0.0679 e. The van der Waals surface area contributed by atoms with Crippen LogP contribution in [-0.2, 0) is 0 Å². The first-order chi connectivity index (χ1) is 17.7. The first-order valence-corrected chi connectivity index (χ1v) is 16.4. The highest BCUT2D eigenvalue weighted by Gasteiger charge is 2.70. The van der Waals surface area contributed by atoms with Crippen molar-refractivity contribution in [3.05, 3.63) is 0 Å². The van der Waals surface area contributed by atoms with Crippen LogP contribution in [0.4, 0.5) is 0 Å². The minimum atomic E-state index is -0.786. The Kier molecular flexibility index (Phi) is 7.71. The first-order valence-electron chi connectivity index (χ1n) is 16.4. The Morgan fingerprint density at radius 3 is 2.05 bits per heavy atom. The Balaban J connectivity index is 1.43. The molecule has 220 valence electrons. The first kappa shape index (κ1) is 29.3. The van der Waals surface area contributed by atoms with Gasteiger partial charge in [0.25, 0.3) is 0 Å². The average Bonchev–Trinajstić information content (AvgIpc) is 2.81. The normalized spacial score (nSPS) is 58.7. The van der Waals surface area contributed by atoms with Crippen LogP contribution < -0.4 is 0 Å². The lowest BCUT2D eigenvalue weighted by molar-refractivity contribution is -0.285. The van der Waals surface area contributed by atoms with Crippen molar-refractivity contribution in [2.45, 2.75) is 138 Å². The third kappa shape index (κ3) is 4.19. The molecular formula is C34H60O4. The number of aliphatic hydroxyl groups is 4. The molecule has 4 heteroatoms. The number of fused-ring (bicyclic) bond motifs is 3. The van der Waals surface area contributed by atoms with E-state index < -0.39 is 29.6 Å². The molecule has 15 atom stereocenters. The molecule has 15 unspecified atom stereocenters. The lowest BCUT2D eigenvalue weighted by atomic mass is 9.34. The molecule has 5 aliphatic carbocycles. The molecular weight excluding hydrogens is 472 g/mol. The predicted octanol–water partition coefficient (Wildman–Crippen LogP) is 6.29. The monoisotopic (exact) mass is 532 g/mol. The fourth-order valence-electron chi connectivity index (χ4n) is 12.5. The molecule has 0 saturated heterocycles. The summed E-state index contributed by atoms with van der Waals surface area (Å²) >= 11 is 0. The third-order valence-electron chi connectivity index (χ3n) is 14.7. The van der Waals surface area contributed by atoms with Crippen LogP contribution in [0.15, 0.2) is 0 Å². The van der Waals surface area contributed by atoms with E-state index in [2.05, 4.69) is 48.5 Å². The summed E-state index contributed by atoms with van der Waals surface area (Å²) in [7, 11) is 0. The van der Waals surface area contributed by atoms with Crippen LogP contribution in [0, 0.1) is 75.4 Å². The number of rotatable bonds is 3. The quantitative estimate of drug-likeness (QED) is 0.344. The molecule has 0 bridgehead atoms. The predicted molar refractivity (Wildman–Crippen MR) is 153 cm³/mol. The van der Waals surface area contributed by atoms with Gasteiger partial charge in [-0.3, -0.25) is 0 Å². The van der Waals surface area contributed by atoms with Gasteiger partial charge in [-0.2, -0.15) is 0 Å². The summed E-state index contributed by atoms with van der Waals surface area (Å²) in [5, 5.41) is 45.8. The van der Waals surface area contributed by atoms with Crippen LogP contribution >= 0.6 is 0 Å². The van der Waals surface area contributed by atoms with Gasteiger partial charge in [-0.15, -0.1) is 0 Å². The van der Waals surface area contributed by atoms with Crippen molar-refractivity contribution in [3.8, 4) is 0 Å². The molecule has 4 N–H and O–H groups in total. The summed E-state index contributed by atoms with van der Waals surface area (Å²) in [6, 6.07) is 0. The highest BCUT2D eigenvalue weighted by molar-refractivity contribution is 5.19. The van der Waals surface area contributed by atoms with Crippen molar-refractivity contribution in [1.29, 1.82) is 0 Å². The van der Waals surface area contributed by atoms with E-state index in [4.69, 9.17) is 0 Å². The summed E-state index contributed by atoms with van der Waals surface area (Å²) in [5.41, 5.74) is -0.692. The van der Waals surface area contributed by atoms with Gasteiger partial charge in [-0.1, -0.05) is 61.3 Å². The van der Waals surface area contributed by atoms with Gasteiger partial charge in [0.2, 0.25) is 0 Å². The van der Waals surface area contributed by atoms with E-state index in [1.54, 1.807) is 6.92 Å². The molecule has 0 aromatic heterocycles. The van der Waals surface area contributed by atoms with Crippen molar-refractivity contribution >= 4 is 0 Å². The SMILES string of the molecule is CC1CCC(C(C)C2CCC3CC4(C)CC5(C)CC(O)C(C(C)O)C(O)C5(C)C(C)C4C(O)C3C2C)CC1. The Morgan fingerprint density at radius 2 is 1.45 bits per heavy atom. The molecule has 0 aromatic rings. The lowest BCUT2D eigenvalue weighted by Gasteiger charge is -2.71. The number of hydrogen-bond acceptors (Lipinski definition) is 4. The second kappa shape index (κ2) is 9.99. The zero-order chi connectivity index (χ0) is 27.9. The molecule has 5 saturated carbocycles. The Bertz CT molecular complexity index is 851. The zero-order valence-electron chi connectivity index (χ0n) is 25.7. The molecule has 5 fully saturated rings. The van der Waals surface area contributed by atoms with E-state index in [1.807, 2.05) is 0 Å². The maximum absolute atomic E-state index is 12.4. The highest BCUT2D eigenvalue weighted by atomic mass is 16.3. The molecule has 0 heterocycles. The Hall–Kier alpha value is -0.160. The van der Waals surface area contributed by atoms with Crippen LogP contribution in [0.5, 0.6) is 0 Å². The number of hydrogen-bond donors (Lipinski definition) is 4. The lowest BCUT2D eigenvalue weighted by Crippen LogP contribution is -2.71. The maximum Gasteiger partial charge on any atom is 0.0679 e. The second-order valence-corrected chi connectivity index (χ2v) is 16.5. The Labute approximate surface area is 233 Å².